The molecule has 2 amide bonds. The number of carbonyl (C=O) groups is 2. The van der Waals surface area contributed by atoms with Crippen molar-refractivity contribution < 1.29 is 33.6 Å². The Hall–Kier alpha value is -4.66. The normalized spacial score (nSPS) is 24.8. The van der Waals surface area contributed by atoms with Crippen LogP contribution in [0.25, 0.3) is 11.2 Å². The Morgan fingerprint density at radius 2 is 1.82 bits per heavy atom. The Labute approximate surface area is 251 Å². The number of fused-ring (bicyclic) bond motifs is 2. The molecule has 1 aliphatic carbocycles. The molecule has 0 spiro atoms. The first-order chi connectivity index (χ1) is 21.4. The number of urea groups is 1. The second kappa shape index (κ2) is 11.8. The maximum Gasteiger partial charge on any atom is 0.341 e. The molecule has 4 aromatic rings. The predicted octanol–water partition coefficient (Wildman–Crippen LogP) is 3.75. The van der Waals surface area contributed by atoms with Gasteiger partial charge < -0.3 is 29.4 Å². The summed E-state index contributed by atoms with van der Waals surface area (Å²) in [6, 6.07) is 10.6. The molecule has 1 aromatic carbocycles. The number of benzene rings is 1. The molecular formula is C30H31N7O7. The maximum absolute atomic E-state index is 12.7. The molecular weight excluding hydrogens is 570 g/mol. The largest absolute Gasteiger partial charge is 0.477 e. The van der Waals surface area contributed by atoms with Crippen molar-refractivity contribution in [2.24, 2.45) is 0 Å². The Kier molecular flexibility index (Phi) is 7.54. The number of carbonyl (C=O) groups excluding carboxylic acids is 1. The average molecular weight is 602 g/mol. The SMILES string of the molecule is Cc1ccc(C2O[C@@H]3[C@H](O2)[C@@H](COc2ncccc2C(=O)O)O[C@H]3n2cnc3c(NC(=O)NC4CCCC4)ncnc32)cc1. The first kappa shape index (κ1) is 28.1. The molecule has 1 saturated carbocycles. The number of nitrogens with one attached hydrogen (secondary N) is 2. The summed E-state index contributed by atoms with van der Waals surface area (Å²) in [5.41, 5.74) is 2.71. The molecule has 0 radical (unpaired) electrons. The van der Waals surface area contributed by atoms with Gasteiger partial charge in [0.15, 0.2) is 29.5 Å². The molecule has 3 aliphatic rings. The van der Waals surface area contributed by atoms with Crippen LogP contribution in [0.1, 0.15) is 59.7 Å². The number of aryl methyl sites for hydroxylation is 1. The Bertz CT molecular complexity index is 1670. The average Bonchev–Trinajstić information content (AvgIpc) is 3.82. The highest BCUT2D eigenvalue weighted by Gasteiger charge is 2.54. The molecule has 3 aromatic heterocycles. The molecule has 228 valence electrons. The first-order valence-electron chi connectivity index (χ1n) is 14.5. The Balaban J connectivity index is 1.15. The van der Waals surface area contributed by atoms with Crippen LogP contribution in [0, 0.1) is 6.92 Å². The maximum atomic E-state index is 12.7. The van der Waals surface area contributed by atoms with Gasteiger partial charge in [0.2, 0.25) is 5.88 Å². The molecule has 44 heavy (non-hydrogen) atoms. The fraction of sp³-hybridized carbons (Fsp3) is 0.400. The van der Waals surface area contributed by atoms with Gasteiger partial charge in [-0.15, -0.1) is 0 Å². The molecule has 3 fully saturated rings. The van der Waals surface area contributed by atoms with E-state index in [4.69, 9.17) is 18.9 Å². The van der Waals surface area contributed by atoms with Gasteiger partial charge in [-0.1, -0.05) is 42.7 Å². The highest BCUT2D eigenvalue weighted by atomic mass is 16.8. The fourth-order valence-electron chi connectivity index (χ4n) is 5.93. The van der Waals surface area contributed by atoms with Crippen molar-refractivity contribution in [1.29, 1.82) is 0 Å². The van der Waals surface area contributed by atoms with Crippen LogP contribution in [0.15, 0.2) is 55.2 Å². The van der Waals surface area contributed by atoms with Gasteiger partial charge in [-0.3, -0.25) is 9.88 Å². The lowest BCUT2D eigenvalue weighted by Crippen LogP contribution is -2.36. The minimum Gasteiger partial charge on any atom is -0.477 e. The quantitative estimate of drug-likeness (QED) is 0.269. The number of imidazole rings is 1. The number of rotatable bonds is 8. The van der Waals surface area contributed by atoms with Crippen LogP contribution in [-0.4, -0.2) is 72.6 Å². The number of ether oxygens (including phenoxy) is 4. The van der Waals surface area contributed by atoms with Crippen molar-refractivity contribution in [3.05, 3.63) is 71.9 Å². The van der Waals surface area contributed by atoms with Crippen molar-refractivity contribution in [3.8, 4) is 5.88 Å². The Morgan fingerprint density at radius 3 is 2.61 bits per heavy atom. The van der Waals surface area contributed by atoms with Crippen LogP contribution >= 0.6 is 0 Å². The van der Waals surface area contributed by atoms with Crippen molar-refractivity contribution in [1.82, 2.24) is 29.8 Å². The summed E-state index contributed by atoms with van der Waals surface area (Å²) in [7, 11) is 0. The number of hydrogen-bond donors (Lipinski definition) is 3. The van der Waals surface area contributed by atoms with Crippen LogP contribution in [0.3, 0.4) is 0 Å². The fourth-order valence-corrected chi connectivity index (χ4v) is 5.93. The second-order valence-electron chi connectivity index (χ2n) is 11.1. The van der Waals surface area contributed by atoms with E-state index in [1.165, 1.54) is 24.7 Å². The standard InChI is InChI=1S/C30H31N7O7/c1-16-8-10-17(11-9-16)29-43-22-20(13-41-26-19(28(38)39)7-4-12-31-26)42-27(23(22)44-29)37-15-34-21-24(32-14-33-25(21)37)36-30(40)35-18-5-2-3-6-18/h4,7-12,14-15,18,20,22-23,27,29H,2-3,5-6,13H2,1H3,(H,38,39)(H2,32,33,35,36,40)/t20-,22-,23-,27-,29?/m1/s1. The molecule has 3 N–H and O–H groups in total. The third-order valence-electron chi connectivity index (χ3n) is 8.14. The zero-order valence-corrected chi connectivity index (χ0v) is 23.8. The highest BCUT2D eigenvalue weighted by Crippen LogP contribution is 2.45. The molecule has 2 aliphatic heterocycles. The summed E-state index contributed by atoms with van der Waals surface area (Å²) in [4.78, 5) is 41.7. The van der Waals surface area contributed by atoms with E-state index in [2.05, 4.69) is 30.6 Å². The van der Waals surface area contributed by atoms with E-state index in [1.54, 1.807) is 10.9 Å². The molecule has 5 heterocycles. The van der Waals surface area contributed by atoms with E-state index in [0.717, 1.165) is 36.8 Å². The van der Waals surface area contributed by atoms with Gasteiger partial charge in [0.05, 0.1) is 6.33 Å². The van der Waals surface area contributed by atoms with E-state index in [9.17, 15) is 14.7 Å². The van der Waals surface area contributed by atoms with Crippen LogP contribution in [0.4, 0.5) is 10.6 Å². The van der Waals surface area contributed by atoms with Crippen molar-refractivity contribution in [2.75, 3.05) is 11.9 Å². The predicted molar refractivity (Wildman–Crippen MR) is 154 cm³/mol. The number of aromatic carboxylic acids is 1. The van der Waals surface area contributed by atoms with Crippen molar-refractivity contribution in [3.63, 3.8) is 0 Å². The summed E-state index contributed by atoms with van der Waals surface area (Å²) in [5, 5.41) is 15.4. The summed E-state index contributed by atoms with van der Waals surface area (Å²) in [6.45, 7) is 1.96. The van der Waals surface area contributed by atoms with Gasteiger partial charge in [-0.05, 0) is 31.9 Å². The smallest absolute Gasteiger partial charge is 0.341 e. The summed E-state index contributed by atoms with van der Waals surface area (Å²) < 4.78 is 26.8. The summed E-state index contributed by atoms with van der Waals surface area (Å²) in [6.07, 6.45) is 5.28. The van der Waals surface area contributed by atoms with Crippen LogP contribution in [0.5, 0.6) is 5.88 Å². The molecule has 5 atom stereocenters. The van der Waals surface area contributed by atoms with E-state index in [-0.39, 0.29) is 35.9 Å². The molecule has 7 rings (SSSR count). The van der Waals surface area contributed by atoms with Gasteiger partial charge in [-0.25, -0.2) is 29.5 Å². The third kappa shape index (κ3) is 5.42. The number of amides is 2. The van der Waals surface area contributed by atoms with Gasteiger partial charge in [0, 0.05) is 17.8 Å². The lowest BCUT2D eigenvalue weighted by atomic mass is 10.1. The number of anilines is 1. The van der Waals surface area contributed by atoms with E-state index >= 15 is 0 Å². The minimum absolute atomic E-state index is 0.0231. The summed E-state index contributed by atoms with van der Waals surface area (Å²) in [5.74, 6) is -0.900. The Morgan fingerprint density at radius 1 is 1.02 bits per heavy atom. The molecule has 2 saturated heterocycles. The molecule has 1 unspecified atom stereocenters. The zero-order chi connectivity index (χ0) is 30.2. The first-order valence-corrected chi connectivity index (χ1v) is 14.5. The van der Waals surface area contributed by atoms with Gasteiger partial charge in [-0.2, -0.15) is 0 Å². The number of aromatic nitrogens is 5. The number of hydrogen-bond acceptors (Lipinski definition) is 10. The lowest BCUT2D eigenvalue weighted by Gasteiger charge is -2.21. The third-order valence-corrected chi connectivity index (χ3v) is 8.14. The number of pyridine rings is 1. The zero-order valence-electron chi connectivity index (χ0n) is 23.8. The van der Waals surface area contributed by atoms with E-state index < -0.39 is 36.8 Å². The van der Waals surface area contributed by atoms with Crippen LogP contribution in [0.2, 0.25) is 0 Å². The topological polar surface area (TPSA) is 172 Å². The van der Waals surface area contributed by atoms with Crippen LogP contribution < -0.4 is 15.4 Å². The van der Waals surface area contributed by atoms with Crippen molar-refractivity contribution >= 4 is 29.0 Å². The number of nitrogens with zero attached hydrogens (tertiary/aromatic N) is 5. The molecule has 14 nitrogen and oxygen atoms in total. The number of carboxylic acids is 1. The minimum atomic E-state index is -1.15. The van der Waals surface area contributed by atoms with Gasteiger partial charge in [0.25, 0.3) is 0 Å². The highest BCUT2D eigenvalue weighted by molar-refractivity contribution is 5.96. The van der Waals surface area contributed by atoms with Crippen molar-refractivity contribution in [2.45, 2.75) is 69.5 Å². The van der Waals surface area contributed by atoms with Gasteiger partial charge in [0.1, 0.15) is 36.8 Å². The monoisotopic (exact) mass is 601 g/mol. The number of carboxylic acid groups (broad SMARTS) is 1. The molecule has 14 heteroatoms. The molecule has 0 bridgehead atoms. The lowest BCUT2D eigenvalue weighted by molar-refractivity contribution is -0.152. The van der Waals surface area contributed by atoms with E-state index in [1.807, 2.05) is 31.2 Å². The van der Waals surface area contributed by atoms with Crippen LogP contribution in [-0.2, 0) is 14.2 Å². The second-order valence-corrected chi connectivity index (χ2v) is 11.1. The van der Waals surface area contributed by atoms with E-state index in [0.29, 0.717) is 11.2 Å². The van der Waals surface area contributed by atoms with Gasteiger partial charge >= 0.3 is 12.0 Å². The summed E-state index contributed by atoms with van der Waals surface area (Å²) >= 11 is 0.